The quantitative estimate of drug-likeness (QED) is 0.761. The lowest BCUT2D eigenvalue weighted by Crippen LogP contribution is -2.52. The second-order valence-electron chi connectivity index (χ2n) is 8.18. The number of rotatable bonds is 8. The molecule has 2 atom stereocenters. The van der Waals surface area contributed by atoms with Gasteiger partial charge in [0.25, 0.3) is 0 Å². The molecule has 0 unspecified atom stereocenters. The molecule has 1 saturated heterocycles. The number of amides is 2. The molecule has 0 saturated carbocycles. The third-order valence-electron chi connectivity index (χ3n) is 5.45. The van der Waals surface area contributed by atoms with Gasteiger partial charge in [-0.2, -0.15) is 0 Å². The van der Waals surface area contributed by atoms with Gasteiger partial charge < -0.3 is 15.5 Å². The third kappa shape index (κ3) is 5.72. The van der Waals surface area contributed by atoms with Gasteiger partial charge in [-0.3, -0.25) is 9.59 Å². The molecule has 5 heteroatoms. The van der Waals surface area contributed by atoms with Crippen LogP contribution in [0.4, 0.5) is 5.69 Å². The molecule has 2 N–H and O–H groups in total. The first-order valence-electron chi connectivity index (χ1n) is 10.2. The minimum absolute atomic E-state index is 0.102. The van der Waals surface area contributed by atoms with Crippen molar-refractivity contribution in [2.24, 2.45) is 23.5 Å². The standard InChI is InChI=1S/C22H35N3O2/c1-5-7-19(21(23)26)20(14-16(2)3)22(27)25-12-10-24(11-13-25)18-9-6-8-17(4)15-18/h6,8-9,15-16,19-20H,5,7,10-14H2,1-4H3,(H2,23,26)/t19-,20+/m0/s1. The van der Waals surface area contributed by atoms with Gasteiger partial charge in [0.15, 0.2) is 0 Å². The number of piperazine rings is 1. The zero-order valence-corrected chi connectivity index (χ0v) is 17.3. The van der Waals surface area contributed by atoms with Crippen LogP contribution in [0.3, 0.4) is 0 Å². The molecule has 1 aliphatic heterocycles. The number of hydrogen-bond donors (Lipinski definition) is 1. The van der Waals surface area contributed by atoms with E-state index >= 15 is 0 Å². The summed E-state index contributed by atoms with van der Waals surface area (Å²) in [7, 11) is 0. The molecule has 5 nitrogen and oxygen atoms in total. The molecule has 2 rings (SSSR count). The minimum atomic E-state index is -0.361. The van der Waals surface area contributed by atoms with Gasteiger partial charge in [0, 0.05) is 43.7 Å². The molecule has 1 heterocycles. The van der Waals surface area contributed by atoms with E-state index in [1.807, 2.05) is 11.8 Å². The number of hydrogen-bond acceptors (Lipinski definition) is 3. The van der Waals surface area contributed by atoms with Crippen molar-refractivity contribution in [2.75, 3.05) is 31.1 Å². The maximum atomic E-state index is 13.3. The molecule has 1 aliphatic rings. The van der Waals surface area contributed by atoms with Gasteiger partial charge in [-0.05, 0) is 43.4 Å². The first-order chi connectivity index (χ1) is 12.8. The average Bonchev–Trinajstić information content (AvgIpc) is 2.63. The largest absolute Gasteiger partial charge is 0.369 e. The Bertz CT molecular complexity index is 636. The van der Waals surface area contributed by atoms with E-state index in [4.69, 9.17) is 5.73 Å². The van der Waals surface area contributed by atoms with Crippen LogP contribution < -0.4 is 10.6 Å². The minimum Gasteiger partial charge on any atom is -0.369 e. The maximum Gasteiger partial charge on any atom is 0.226 e. The van der Waals surface area contributed by atoms with Crippen molar-refractivity contribution in [1.29, 1.82) is 0 Å². The van der Waals surface area contributed by atoms with Crippen LogP contribution >= 0.6 is 0 Å². The first kappa shape index (κ1) is 21.3. The van der Waals surface area contributed by atoms with Crippen LogP contribution in [0.1, 0.15) is 45.6 Å². The van der Waals surface area contributed by atoms with E-state index in [9.17, 15) is 9.59 Å². The Morgan fingerprint density at radius 3 is 2.30 bits per heavy atom. The summed E-state index contributed by atoms with van der Waals surface area (Å²) in [6.07, 6.45) is 2.25. The monoisotopic (exact) mass is 373 g/mol. The average molecular weight is 374 g/mol. The van der Waals surface area contributed by atoms with E-state index in [0.29, 0.717) is 31.8 Å². The summed E-state index contributed by atoms with van der Waals surface area (Å²) in [5, 5.41) is 0. The van der Waals surface area contributed by atoms with Crippen LogP contribution in [-0.2, 0) is 9.59 Å². The summed E-state index contributed by atoms with van der Waals surface area (Å²) < 4.78 is 0. The molecule has 0 bridgehead atoms. The second kappa shape index (κ2) is 9.77. The van der Waals surface area contributed by atoms with Crippen molar-refractivity contribution < 1.29 is 9.59 Å². The van der Waals surface area contributed by atoms with Crippen molar-refractivity contribution >= 4 is 17.5 Å². The van der Waals surface area contributed by atoms with Crippen molar-refractivity contribution in [2.45, 2.75) is 47.0 Å². The fraction of sp³-hybridized carbons (Fsp3) is 0.636. The zero-order valence-electron chi connectivity index (χ0n) is 17.3. The van der Waals surface area contributed by atoms with E-state index in [0.717, 1.165) is 19.5 Å². The Hall–Kier alpha value is -2.04. The number of nitrogens with zero attached hydrogens (tertiary/aromatic N) is 2. The number of nitrogens with two attached hydrogens (primary N) is 1. The summed E-state index contributed by atoms with van der Waals surface area (Å²) in [6, 6.07) is 8.47. The SMILES string of the molecule is CCC[C@H](C(N)=O)[C@@H](CC(C)C)C(=O)N1CCN(c2cccc(C)c2)CC1. The fourth-order valence-electron chi connectivity index (χ4n) is 4.04. The van der Waals surface area contributed by atoms with Gasteiger partial charge in [-0.15, -0.1) is 0 Å². The van der Waals surface area contributed by atoms with Gasteiger partial charge in [-0.1, -0.05) is 39.3 Å². The summed E-state index contributed by atoms with van der Waals surface area (Å²) in [5.41, 5.74) is 8.11. The predicted octanol–water partition coefficient (Wildman–Crippen LogP) is 3.21. The summed E-state index contributed by atoms with van der Waals surface area (Å²) in [4.78, 5) is 29.5. The van der Waals surface area contributed by atoms with Crippen molar-refractivity contribution in [1.82, 2.24) is 4.90 Å². The van der Waals surface area contributed by atoms with Crippen molar-refractivity contribution in [3.05, 3.63) is 29.8 Å². The van der Waals surface area contributed by atoms with Crippen LogP contribution in [0.2, 0.25) is 0 Å². The van der Waals surface area contributed by atoms with Crippen molar-refractivity contribution in [3.63, 3.8) is 0 Å². The summed E-state index contributed by atoms with van der Waals surface area (Å²) >= 11 is 0. The molecule has 27 heavy (non-hydrogen) atoms. The molecule has 0 aliphatic carbocycles. The Morgan fingerprint density at radius 2 is 1.78 bits per heavy atom. The van der Waals surface area contributed by atoms with Crippen LogP contribution in [0, 0.1) is 24.7 Å². The molecule has 0 spiro atoms. The van der Waals surface area contributed by atoms with E-state index in [-0.39, 0.29) is 23.7 Å². The smallest absolute Gasteiger partial charge is 0.226 e. The van der Waals surface area contributed by atoms with E-state index in [1.54, 1.807) is 0 Å². The van der Waals surface area contributed by atoms with Gasteiger partial charge in [0.2, 0.25) is 11.8 Å². The third-order valence-corrected chi connectivity index (χ3v) is 5.45. The van der Waals surface area contributed by atoms with Crippen LogP contribution in [-0.4, -0.2) is 42.9 Å². The number of anilines is 1. The summed E-state index contributed by atoms with van der Waals surface area (Å²) in [5.74, 6) is -0.544. The Balaban J connectivity index is 2.06. The zero-order chi connectivity index (χ0) is 20.0. The Morgan fingerprint density at radius 1 is 1.11 bits per heavy atom. The fourth-order valence-corrected chi connectivity index (χ4v) is 4.04. The van der Waals surface area contributed by atoms with E-state index in [1.165, 1.54) is 11.3 Å². The molecule has 0 radical (unpaired) electrons. The molecule has 1 aromatic carbocycles. The summed E-state index contributed by atoms with van der Waals surface area (Å²) in [6.45, 7) is 11.3. The van der Waals surface area contributed by atoms with Crippen LogP contribution in [0.5, 0.6) is 0 Å². The van der Waals surface area contributed by atoms with E-state index in [2.05, 4.69) is 49.9 Å². The highest BCUT2D eigenvalue weighted by Gasteiger charge is 2.35. The van der Waals surface area contributed by atoms with Crippen LogP contribution in [0.15, 0.2) is 24.3 Å². The van der Waals surface area contributed by atoms with Crippen LogP contribution in [0.25, 0.3) is 0 Å². The number of carbonyl (C=O) groups excluding carboxylic acids is 2. The lowest BCUT2D eigenvalue weighted by molar-refractivity contribution is -0.142. The highest BCUT2D eigenvalue weighted by atomic mass is 16.2. The molecular weight excluding hydrogens is 338 g/mol. The highest BCUT2D eigenvalue weighted by molar-refractivity contribution is 5.87. The molecule has 150 valence electrons. The Labute approximate surface area is 163 Å². The van der Waals surface area contributed by atoms with E-state index < -0.39 is 0 Å². The normalized spacial score (nSPS) is 17.1. The number of carbonyl (C=O) groups is 2. The number of primary amides is 1. The Kier molecular flexibility index (Phi) is 7.69. The van der Waals surface area contributed by atoms with Gasteiger partial charge in [0.05, 0.1) is 0 Å². The number of benzene rings is 1. The molecular formula is C22H35N3O2. The second-order valence-corrected chi connectivity index (χ2v) is 8.18. The first-order valence-corrected chi connectivity index (χ1v) is 10.2. The highest BCUT2D eigenvalue weighted by Crippen LogP contribution is 2.28. The molecule has 0 aromatic heterocycles. The topological polar surface area (TPSA) is 66.6 Å². The molecule has 1 fully saturated rings. The lowest BCUT2D eigenvalue weighted by atomic mass is 9.81. The van der Waals surface area contributed by atoms with Gasteiger partial charge in [-0.25, -0.2) is 0 Å². The molecule has 2 amide bonds. The van der Waals surface area contributed by atoms with Gasteiger partial charge >= 0.3 is 0 Å². The maximum absolute atomic E-state index is 13.3. The van der Waals surface area contributed by atoms with Crippen molar-refractivity contribution in [3.8, 4) is 0 Å². The number of aryl methyl sites for hydroxylation is 1. The van der Waals surface area contributed by atoms with Gasteiger partial charge in [0.1, 0.15) is 0 Å². The molecule has 1 aromatic rings. The lowest BCUT2D eigenvalue weighted by Gasteiger charge is -2.39. The predicted molar refractivity (Wildman–Crippen MR) is 111 cm³/mol.